The largest absolute Gasteiger partial charge is 0.283 e. The van der Waals surface area contributed by atoms with E-state index >= 15 is 0 Å². The Morgan fingerprint density at radius 1 is 1.57 bits per heavy atom. The molecule has 37 valence electrons. The van der Waals surface area contributed by atoms with Gasteiger partial charge in [-0.25, -0.2) is 0 Å². The van der Waals surface area contributed by atoms with Crippen molar-refractivity contribution >= 4 is 5.82 Å². The summed E-state index contributed by atoms with van der Waals surface area (Å²) in [5.41, 5.74) is 6.47. The van der Waals surface area contributed by atoms with Gasteiger partial charge in [-0.1, -0.05) is 0 Å². The minimum atomic E-state index is -0.259. The Kier molecular flexibility index (Phi) is 0.651. The fourth-order valence-electron chi connectivity index (χ4n) is 0.332. The molecular formula is C3H4N3O. The van der Waals surface area contributed by atoms with E-state index < -0.39 is 0 Å². The molecule has 1 radical (unpaired) electrons. The molecule has 7 heavy (non-hydrogen) atoms. The summed E-state index contributed by atoms with van der Waals surface area (Å²) >= 11 is 0. The van der Waals surface area contributed by atoms with Crippen molar-refractivity contribution in [2.24, 2.45) is 0 Å². The summed E-state index contributed by atoms with van der Waals surface area (Å²) < 4.78 is 0. The minimum absolute atomic E-state index is 0.116. The van der Waals surface area contributed by atoms with Crippen molar-refractivity contribution < 1.29 is 0 Å². The van der Waals surface area contributed by atoms with Gasteiger partial charge in [0.15, 0.2) is 0 Å². The van der Waals surface area contributed by atoms with E-state index in [1.165, 1.54) is 6.07 Å². The van der Waals surface area contributed by atoms with Crippen LogP contribution in [0.2, 0.25) is 0 Å². The highest BCUT2D eigenvalue weighted by Gasteiger charge is 1.83. The fraction of sp³-hybridized carbons (Fsp3) is 0. The monoisotopic (exact) mass is 98.0 g/mol. The highest BCUT2D eigenvalue weighted by molar-refractivity contribution is 5.17. The van der Waals surface area contributed by atoms with Crippen LogP contribution >= 0.6 is 0 Å². The second kappa shape index (κ2) is 1.14. The molecule has 0 amide bonds. The highest BCUT2D eigenvalue weighted by atomic mass is 16.1. The van der Waals surface area contributed by atoms with Crippen LogP contribution in [-0.2, 0) is 0 Å². The van der Waals surface area contributed by atoms with Gasteiger partial charge in [-0.3, -0.25) is 20.7 Å². The molecular weight excluding hydrogens is 94.1 g/mol. The Morgan fingerprint density at radius 2 is 2.29 bits per heavy atom. The zero-order chi connectivity index (χ0) is 5.28. The molecule has 0 bridgehead atoms. The average molecular weight is 98.1 g/mol. The molecule has 0 spiro atoms. The zero-order valence-electron chi connectivity index (χ0n) is 3.49. The summed E-state index contributed by atoms with van der Waals surface area (Å²) in [4.78, 5) is 10.1. The first kappa shape index (κ1) is 3.98. The van der Waals surface area contributed by atoms with E-state index in [1.807, 2.05) is 0 Å². The molecule has 4 heteroatoms. The second-order valence-electron chi connectivity index (χ2n) is 1.17. The standard InChI is InChI=1S/C3H4N3O/c4-2-1-3(7)6-5-2/h1,4H,(H2,5,6,7). The van der Waals surface area contributed by atoms with Gasteiger partial charge >= 0.3 is 0 Å². The average Bonchev–Trinajstić information content (AvgIpc) is 1.87. The first-order valence-corrected chi connectivity index (χ1v) is 1.78. The van der Waals surface area contributed by atoms with Crippen molar-refractivity contribution in [3.05, 3.63) is 16.4 Å². The highest BCUT2D eigenvalue weighted by Crippen LogP contribution is 1.84. The normalized spacial score (nSPS) is 9.14. The lowest BCUT2D eigenvalue weighted by Gasteiger charge is -1.68. The lowest BCUT2D eigenvalue weighted by Crippen LogP contribution is -1.93. The van der Waals surface area contributed by atoms with Crippen molar-refractivity contribution in [2.45, 2.75) is 0 Å². The van der Waals surface area contributed by atoms with Gasteiger partial charge in [-0.05, 0) is 0 Å². The molecule has 0 aromatic carbocycles. The molecule has 0 atom stereocenters. The number of aromatic amines is 2. The lowest BCUT2D eigenvalue weighted by molar-refractivity contribution is 1.05. The van der Waals surface area contributed by atoms with E-state index in [2.05, 4.69) is 10.2 Å². The first-order chi connectivity index (χ1) is 3.29. The van der Waals surface area contributed by atoms with E-state index in [-0.39, 0.29) is 11.4 Å². The number of hydrogen-bond donors (Lipinski definition) is 2. The molecule has 0 fully saturated rings. The van der Waals surface area contributed by atoms with Gasteiger partial charge in [0.25, 0.3) is 5.56 Å². The third kappa shape index (κ3) is 0.623. The van der Waals surface area contributed by atoms with E-state index in [0.717, 1.165) is 0 Å². The Labute approximate surface area is 39.3 Å². The third-order valence-electron chi connectivity index (χ3n) is 0.596. The van der Waals surface area contributed by atoms with E-state index in [9.17, 15) is 4.79 Å². The maximum Gasteiger partial charge on any atom is 0.266 e. The van der Waals surface area contributed by atoms with Crippen molar-refractivity contribution in [2.75, 3.05) is 0 Å². The topological polar surface area (TPSA) is 72.5 Å². The van der Waals surface area contributed by atoms with Gasteiger partial charge in [0.2, 0.25) is 0 Å². The summed E-state index contributed by atoms with van der Waals surface area (Å²) in [7, 11) is 0. The fourth-order valence-corrected chi connectivity index (χ4v) is 0.332. The van der Waals surface area contributed by atoms with Crippen molar-refractivity contribution in [3.63, 3.8) is 0 Å². The van der Waals surface area contributed by atoms with Gasteiger partial charge < -0.3 is 0 Å². The summed E-state index contributed by atoms with van der Waals surface area (Å²) in [6.07, 6.45) is 0. The maximum absolute atomic E-state index is 10.1. The van der Waals surface area contributed by atoms with Gasteiger partial charge in [0.05, 0.1) is 0 Å². The van der Waals surface area contributed by atoms with Crippen LogP contribution in [0.15, 0.2) is 10.9 Å². The number of hydrogen-bond acceptors (Lipinski definition) is 1. The molecule has 0 aliphatic heterocycles. The predicted molar refractivity (Wildman–Crippen MR) is 24.2 cm³/mol. The first-order valence-electron chi connectivity index (χ1n) is 1.78. The Bertz CT molecular complexity index is 198. The third-order valence-corrected chi connectivity index (χ3v) is 0.596. The molecule has 0 saturated carbocycles. The van der Waals surface area contributed by atoms with Crippen LogP contribution in [0, 0.1) is 0 Å². The zero-order valence-corrected chi connectivity index (χ0v) is 3.49. The molecule has 1 heterocycles. The van der Waals surface area contributed by atoms with Gasteiger partial charge in [0.1, 0.15) is 5.82 Å². The van der Waals surface area contributed by atoms with Gasteiger partial charge in [0, 0.05) is 6.07 Å². The van der Waals surface area contributed by atoms with Crippen LogP contribution in [0.3, 0.4) is 0 Å². The number of rotatable bonds is 0. The molecule has 0 saturated heterocycles. The smallest absolute Gasteiger partial charge is 0.266 e. The predicted octanol–water partition coefficient (Wildman–Crippen LogP) is -0.383. The van der Waals surface area contributed by atoms with Crippen LogP contribution in [0.1, 0.15) is 0 Å². The maximum atomic E-state index is 10.1. The number of H-pyrrole nitrogens is 2. The SMILES string of the molecule is [NH]c1cc(=O)[nH][nH]1. The molecule has 1 rings (SSSR count). The van der Waals surface area contributed by atoms with E-state index in [0.29, 0.717) is 0 Å². The van der Waals surface area contributed by atoms with Gasteiger partial charge in [-0.2, -0.15) is 0 Å². The summed E-state index contributed by atoms with van der Waals surface area (Å²) in [5.74, 6) is 0.116. The Morgan fingerprint density at radius 3 is 2.43 bits per heavy atom. The van der Waals surface area contributed by atoms with Crippen molar-refractivity contribution in [1.82, 2.24) is 15.9 Å². The molecule has 0 unspecified atom stereocenters. The van der Waals surface area contributed by atoms with E-state index in [1.54, 1.807) is 0 Å². The van der Waals surface area contributed by atoms with Crippen LogP contribution in [0.5, 0.6) is 0 Å². The molecule has 4 nitrogen and oxygen atoms in total. The van der Waals surface area contributed by atoms with Crippen LogP contribution in [0.25, 0.3) is 0 Å². The lowest BCUT2D eigenvalue weighted by atomic mass is 10.7. The second-order valence-corrected chi connectivity index (χ2v) is 1.17. The van der Waals surface area contributed by atoms with E-state index in [4.69, 9.17) is 5.73 Å². The number of nitrogens with one attached hydrogen (secondary N) is 3. The molecule has 0 aliphatic rings. The van der Waals surface area contributed by atoms with Crippen LogP contribution in [0.4, 0.5) is 5.82 Å². The molecule has 3 N–H and O–H groups in total. The van der Waals surface area contributed by atoms with Crippen molar-refractivity contribution in [3.8, 4) is 0 Å². The Hall–Kier alpha value is -1.19. The quantitative estimate of drug-likeness (QED) is 0.456. The summed E-state index contributed by atoms with van der Waals surface area (Å²) in [6, 6.07) is 1.17. The summed E-state index contributed by atoms with van der Waals surface area (Å²) in [5, 5.41) is 4.50. The van der Waals surface area contributed by atoms with Crippen molar-refractivity contribution in [1.29, 1.82) is 0 Å². The molecule has 1 aromatic heterocycles. The summed E-state index contributed by atoms with van der Waals surface area (Å²) in [6.45, 7) is 0. The van der Waals surface area contributed by atoms with Gasteiger partial charge in [-0.15, -0.1) is 0 Å². The van der Waals surface area contributed by atoms with Crippen LogP contribution < -0.4 is 11.3 Å². The molecule has 0 aliphatic carbocycles. The Balaban J connectivity index is 3.30. The van der Waals surface area contributed by atoms with Crippen LogP contribution in [-0.4, -0.2) is 10.2 Å². The molecule has 1 aromatic rings. The minimum Gasteiger partial charge on any atom is -0.283 e. The number of aromatic nitrogens is 2.